The molecule has 1 heterocycles. The summed E-state index contributed by atoms with van der Waals surface area (Å²) >= 11 is 0. The van der Waals surface area contributed by atoms with Gasteiger partial charge in [0.15, 0.2) is 0 Å². The summed E-state index contributed by atoms with van der Waals surface area (Å²) < 4.78 is 31.0. The van der Waals surface area contributed by atoms with Crippen molar-refractivity contribution in [2.75, 3.05) is 20.3 Å². The Kier molecular flexibility index (Phi) is 5.68. The van der Waals surface area contributed by atoms with E-state index in [2.05, 4.69) is 0 Å². The van der Waals surface area contributed by atoms with E-state index in [1.54, 1.807) is 7.11 Å². The van der Waals surface area contributed by atoms with Crippen LogP contribution in [0.5, 0.6) is 5.75 Å². The first-order valence-electron chi connectivity index (χ1n) is 8.41. The summed E-state index contributed by atoms with van der Waals surface area (Å²) in [7, 11) is 1.65. The molecule has 0 amide bonds. The van der Waals surface area contributed by atoms with Gasteiger partial charge in [0.1, 0.15) is 18.2 Å². The third-order valence-electron chi connectivity index (χ3n) is 4.70. The highest BCUT2D eigenvalue weighted by atomic mass is 19.1. The molecule has 3 rings (SSSR count). The molecule has 5 heteroatoms. The van der Waals surface area contributed by atoms with Gasteiger partial charge in [0.05, 0.1) is 12.2 Å². The zero-order chi connectivity index (χ0) is 17.7. The van der Waals surface area contributed by atoms with Gasteiger partial charge in [-0.3, -0.25) is 0 Å². The van der Waals surface area contributed by atoms with Gasteiger partial charge >= 0.3 is 0 Å². The molecule has 2 aromatic carbocycles. The first-order valence-corrected chi connectivity index (χ1v) is 8.41. The monoisotopic (exact) mass is 346 g/mol. The maximum atomic E-state index is 14.1. The smallest absolute Gasteiger partial charge is 0.127 e. The molecule has 25 heavy (non-hydrogen) atoms. The molecule has 1 aliphatic rings. The summed E-state index contributed by atoms with van der Waals surface area (Å²) in [5, 5.41) is 9.08. The normalized spacial score (nSPS) is 16.6. The second-order valence-corrected chi connectivity index (χ2v) is 6.25. The van der Waals surface area contributed by atoms with Gasteiger partial charge in [-0.25, -0.2) is 4.39 Å². The molecule has 1 aliphatic heterocycles. The standard InChI is InChI=1S/C20H23FO4/c1-23-20(6-8-24-9-7-20)17-10-18(21)12-19(11-17)25-14-16-4-2-15(13-22)3-5-16/h2-5,10-12,22H,6-9,13-14H2,1H3. The van der Waals surface area contributed by atoms with E-state index in [9.17, 15) is 4.39 Å². The lowest BCUT2D eigenvalue weighted by atomic mass is 9.86. The summed E-state index contributed by atoms with van der Waals surface area (Å²) in [6.45, 7) is 1.53. The Morgan fingerprint density at radius 1 is 1.08 bits per heavy atom. The van der Waals surface area contributed by atoms with Gasteiger partial charge in [-0.1, -0.05) is 24.3 Å². The van der Waals surface area contributed by atoms with Crippen molar-refractivity contribution in [1.29, 1.82) is 0 Å². The fourth-order valence-corrected chi connectivity index (χ4v) is 3.13. The maximum Gasteiger partial charge on any atom is 0.127 e. The molecule has 0 radical (unpaired) electrons. The first-order chi connectivity index (χ1) is 12.1. The Morgan fingerprint density at radius 2 is 1.76 bits per heavy atom. The molecule has 0 spiro atoms. The largest absolute Gasteiger partial charge is 0.489 e. The molecule has 2 aromatic rings. The molecule has 4 nitrogen and oxygen atoms in total. The minimum Gasteiger partial charge on any atom is -0.489 e. The van der Waals surface area contributed by atoms with Gasteiger partial charge < -0.3 is 19.3 Å². The van der Waals surface area contributed by atoms with Gasteiger partial charge in [-0.05, 0) is 28.8 Å². The maximum absolute atomic E-state index is 14.1. The van der Waals surface area contributed by atoms with E-state index in [1.807, 2.05) is 30.3 Å². The van der Waals surface area contributed by atoms with Crippen molar-refractivity contribution >= 4 is 0 Å². The number of ether oxygens (including phenoxy) is 3. The summed E-state index contributed by atoms with van der Waals surface area (Å²) in [5.74, 6) is 0.134. The summed E-state index contributed by atoms with van der Waals surface area (Å²) in [6.07, 6.45) is 1.38. The van der Waals surface area contributed by atoms with Crippen LogP contribution in [0, 0.1) is 5.82 Å². The molecule has 134 valence electrons. The zero-order valence-corrected chi connectivity index (χ0v) is 14.3. The van der Waals surface area contributed by atoms with Crippen molar-refractivity contribution in [2.24, 2.45) is 0 Å². The fraction of sp³-hybridized carbons (Fsp3) is 0.400. The van der Waals surface area contributed by atoms with E-state index in [1.165, 1.54) is 12.1 Å². The summed E-state index contributed by atoms with van der Waals surface area (Å²) in [4.78, 5) is 0. The highest BCUT2D eigenvalue weighted by molar-refractivity contribution is 5.34. The number of hydrogen-bond donors (Lipinski definition) is 1. The molecule has 0 unspecified atom stereocenters. The molecule has 0 saturated carbocycles. The highest BCUT2D eigenvalue weighted by Crippen LogP contribution is 2.37. The van der Waals surface area contributed by atoms with Crippen LogP contribution < -0.4 is 4.74 Å². The van der Waals surface area contributed by atoms with Gasteiger partial charge in [0.2, 0.25) is 0 Å². The van der Waals surface area contributed by atoms with Gasteiger partial charge in [0, 0.05) is 39.2 Å². The van der Waals surface area contributed by atoms with Crippen molar-refractivity contribution in [2.45, 2.75) is 31.7 Å². The van der Waals surface area contributed by atoms with E-state index in [0.29, 0.717) is 38.4 Å². The van der Waals surface area contributed by atoms with Crippen LogP contribution in [0.1, 0.15) is 29.5 Å². The first kappa shape index (κ1) is 17.9. The fourth-order valence-electron chi connectivity index (χ4n) is 3.13. The topological polar surface area (TPSA) is 47.9 Å². The minimum atomic E-state index is -0.527. The van der Waals surface area contributed by atoms with Crippen molar-refractivity contribution in [3.63, 3.8) is 0 Å². The SMILES string of the molecule is COC1(c2cc(F)cc(OCc3ccc(CO)cc3)c2)CCOCC1. The van der Waals surface area contributed by atoms with Crippen LogP contribution in [0.25, 0.3) is 0 Å². The second-order valence-electron chi connectivity index (χ2n) is 6.25. The predicted octanol–water partition coefficient (Wildman–Crippen LogP) is 3.55. The molecular formula is C20H23FO4. The molecule has 1 saturated heterocycles. The lowest BCUT2D eigenvalue weighted by Gasteiger charge is -2.36. The quantitative estimate of drug-likeness (QED) is 0.869. The minimum absolute atomic E-state index is 0.0111. The molecule has 0 atom stereocenters. The van der Waals surface area contributed by atoms with E-state index < -0.39 is 5.60 Å². The Balaban J connectivity index is 1.76. The second kappa shape index (κ2) is 7.95. The van der Waals surface area contributed by atoms with Crippen molar-refractivity contribution < 1.29 is 23.7 Å². The van der Waals surface area contributed by atoms with Crippen LogP contribution in [-0.4, -0.2) is 25.4 Å². The number of rotatable bonds is 6. The van der Waals surface area contributed by atoms with E-state index in [4.69, 9.17) is 19.3 Å². The summed E-state index contributed by atoms with van der Waals surface area (Å²) in [5.41, 5.74) is 2.05. The number of halogens is 1. The molecule has 0 aromatic heterocycles. The third kappa shape index (κ3) is 4.18. The molecule has 0 bridgehead atoms. The lowest BCUT2D eigenvalue weighted by molar-refractivity contribution is -0.0950. The molecule has 1 N–H and O–H groups in total. The van der Waals surface area contributed by atoms with Crippen LogP contribution in [0.3, 0.4) is 0 Å². The Morgan fingerprint density at radius 3 is 2.40 bits per heavy atom. The average Bonchev–Trinajstić information content (AvgIpc) is 2.67. The van der Waals surface area contributed by atoms with Crippen LogP contribution in [0.2, 0.25) is 0 Å². The summed E-state index contributed by atoms with van der Waals surface area (Å²) in [6, 6.07) is 12.2. The highest BCUT2D eigenvalue weighted by Gasteiger charge is 2.35. The van der Waals surface area contributed by atoms with Crippen molar-refractivity contribution in [3.8, 4) is 5.75 Å². The van der Waals surface area contributed by atoms with Crippen LogP contribution in [0.4, 0.5) is 4.39 Å². The average molecular weight is 346 g/mol. The Bertz CT molecular complexity index is 693. The molecule has 0 aliphatic carbocycles. The number of aliphatic hydroxyl groups is 1. The van der Waals surface area contributed by atoms with Gasteiger partial charge in [-0.2, -0.15) is 0 Å². The van der Waals surface area contributed by atoms with Crippen LogP contribution in [0.15, 0.2) is 42.5 Å². The van der Waals surface area contributed by atoms with E-state index in [0.717, 1.165) is 16.7 Å². The number of benzene rings is 2. The number of aliphatic hydroxyl groups excluding tert-OH is 1. The van der Waals surface area contributed by atoms with Gasteiger partial charge in [0.25, 0.3) is 0 Å². The zero-order valence-electron chi connectivity index (χ0n) is 14.3. The molecular weight excluding hydrogens is 323 g/mol. The van der Waals surface area contributed by atoms with E-state index >= 15 is 0 Å². The Hall–Kier alpha value is -1.95. The van der Waals surface area contributed by atoms with Crippen LogP contribution in [-0.2, 0) is 28.3 Å². The predicted molar refractivity (Wildman–Crippen MR) is 91.8 cm³/mol. The Labute approximate surface area is 147 Å². The number of methoxy groups -OCH3 is 1. The molecule has 1 fully saturated rings. The third-order valence-corrected chi connectivity index (χ3v) is 4.70. The number of hydrogen-bond acceptors (Lipinski definition) is 4. The van der Waals surface area contributed by atoms with Gasteiger partial charge in [-0.15, -0.1) is 0 Å². The lowest BCUT2D eigenvalue weighted by Crippen LogP contribution is -2.35. The van der Waals surface area contributed by atoms with Crippen molar-refractivity contribution in [1.82, 2.24) is 0 Å². The van der Waals surface area contributed by atoms with E-state index in [-0.39, 0.29) is 12.4 Å². The van der Waals surface area contributed by atoms with Crippen LogP contribution >= 0.6 is 0 Å². The van der Waals surface area contributed by atoms with Crippen molar-refractivity contribution in [3.05, 3.63) is 65.0 Å².